The van der Waals surface area contributed by atoms with E-state index in [-0.39, 0.29) is 0 Å². The lowest BCUT2D eigenvalue weighted by Gasteiger charge is -2.23. The summed E-state index contributed by atoms with van der Waals surface area (Å²) in [5.74, 6) is 0.832. The van der Waals surface area contributed by atoms with Crippen molar-refractivity contribution in [1.29, 1.82) is 0 Å². The first-order chi connectivity index (χ1) is 8.90. The molecule has 1 N–H and O–H groups in total. The number of nitrogens with one attached hydrogen (secondary N) is 1. The van der Waals surface area contributed by atoms with E-state index in [1.54, 1.807) is 16.7 Å². The SMILES string of the molecule is CCCCCC1NCCC2CCC=C3C=CC1=C32. The first kappa shape index (κ1) is 12.2. The molecule has 0 amide bonds. The molecule has 1 aliphatic heterocycles. The predicted octanol–water partition coefficient (Wildman–Crippen LogP) is 4.13. The summed E-state index contributed by atoms with van der Waals surface area (Å²) < 4.78 is 0. The summed E-state index contributed by atoms with van der Waals surface area (Å²) in [4.78, 5) is 0. The molecule has 0 spiro atoms. The summed E-state index contributed by atoms with van der Waals surface area (Å²) in [6.07, 6.45) is 16.6. The van der Waals surface area contributed by atoms with Crippen molar-refractivity contribution in [3.8, 4) is 0 Å². The van der Waals surface area contributed by atoms with Crippen LogP contribution in [0.5, 0.6) is 0 Å². The number of rotatable bonds is 4. The Kier molecular flexibility index (Phi) is 3.69. The quantitative estimate of drug-likeness (QED) is 0.732. The zero-order valence-corrected chi connectivity index (χ0v) is 11.5. The zero-order valence-electron chi connectivity index (χ0n) is 11.5. The highest BCUT2D eigenvalue weighted by Gasteiger charge is 2.31. The highest BCUT2D eigenvalue weighted by Crippen LogP contribution is 2.42. The van der Waals surface area contributed by atoms with Gasteiger partial charge in [-0.2, -0.15) is 0 Å². The number of hydrogen-bond donors (Lipinski definition) is 1. The normalized spacial score (nSPS) is 30.2. The Bertz CT molecular complexity index is 400. The number of unbranched alkanes of at least 4 members (excludes halogenated alkanes) is 2. The molecule has 2 unspecified atom stereocenters. The van der Waals surface area contributed by atoms with Gasteiger partial charge in [0, 0.05) is 6.04 Å². The summed E-state index contributed by atoms with van der Waals surface area (Å²) in [7, 11) is 0. The molecule has 18 heavy (non-hydrogen) atoms. The highest BCUT2D eigenvalue weighted by molar-refractivity contribution is 5.57. The average molecular weight is 243 g/mol. The molecular formula is C17H25N. The van der Waals surface area contributed by atoms with Gasteiger partial charge in [-0.05, 0) is 54.9 Å². The van der Waals surface area contributed by atoms with E-state index in [2.05, 4.69) is 30.5 Å². The van der Waals surface area contributed by atoms with Crippen LogP contribution < -0.4 is 5.32 Å². The van der Waals surface area contributed by atoms with Crippen molar-refractivity contribution >= 4 is 0 Å². The van der Waals surface area contributed by atoms with Crippen molar-refractivity contribution in [2.75, 3.05) is 6.54 Å². The topological polar surface area (TPSA) is 12.0 Å². The first-order valence-electron chi connectivity index (χ1n) is 7.76. The van der Waals surface area contributed by atoms with Gasteiger partial charge in [-0.3, -0.25) is 0 Å². The largest absolute Gasteiger partial charge is 0.310 e. The van der Waals surface area contributed by atoms with Crippen LogP contribution in [0.15, 0.2) is 34.9 Å². The van der Waals surface area contributed by atoms with Gasteiger partial charge in [0.25, 0.3) is 0 Å². The molecule has 3 rings (SSSR count). The third kappa shape index (κ3) is 2.21. The van der Waals surface area contributed by atoms with Crippen LogP contribution in [0.25, 0.3) is 0 Å². The van der Waals surface area contributed by atoms with Crippen molar-refractivity contribution in [1.82, 2.24) is 5.32 Å². The van der Waals surface area contributed by atoms with E-state index < -0.39 is 0 Å². The van der Waals surface area contributed by atoms with Crippen LogP contribution in [0.2, 0.25) is 0 Å². The van der Waals surface area contributed by atoms with E-state index in [1.165, 1.54) is 51.5 Å². The molecule has 1 nitrogen and oxygen atoms in total. The van der Waals surface area contributed by atoms with Gasteiger partial charge < -0.3 is 5.32 Å². The van der Waals surface area contributed by atoms with E-state index >= 15 is 0 Å². The molecule has 0 radical (unpaired) electrons. The summed E-state index contributed by atoms with van der Waals surface area (Å²) >= 11 is 0. The fraction of sp³-hybridized carbons (Fsp3) is 0.647. The van der Waals surface area contributed by atoms with Gasteiger partial charge >= 0.3 is 0 Å². The van der Waals surface area contributed by atoms with Crippen LogP contribution in [0.4, 0.5) is 0 Å². The molecule has 2 atom stereocenters. The molecule has 98 valence electrons. The fourth-order valence-corrected chi connectivity index (χ4v) is 3.75. The summed E-state index contributed by atoms with van der Waals surface area (Å²) in [6.45, 7) is 3.49. The third-order valence-corrected chi connectivity index (χ3v) is 4.71. The van der Waals surface area contributed by atoms with Gasteiger partial charge in [0.2, 0.25) is 0 Å². The lowest BCUT2D eigenvalue weighted by molar-refractivity contribution is 0.480. The van der Waals surface area contributed by atoms with E-state index in [0.717, 1.165) is 5.92 Å². The Morgan fingerprint density at radius 1 is 1.22 bits per heavy atom. The second-order valence-corrected chi connectivity index (χ2v) is 5.93. The van der Waals surface area contributed by atoms with E-state index in [9.17, 15) is 0 Å². The number of hydrogen-bond acceptors (Lipinski definition) is 1. The van der Waals surface area contributed by atoms with Crippen molar-refractivity contribution in [3.63, 3.8) is 0 Å². The van der Waals surface area contributed by atoms with Crippen molar-refractivity contribution in [2.24, 2.45) is 5.92 Å². The van der Waals surface area contributed by atoms with Gasteiger partial charge in [-0.25, -0.2) is 0 Å². The molecule has 2 aliphatic carbocycles. The number of allylic oxidation sites excluding steroid dienone is 4. The highest BCUT2D eigenvalue weighted by atomic mass is 14.9. The maximum Gasteiger partial charge on any atom is 0.0323 e. The van der Waals surface area contributed by atoms with Gasteiger partial charge in [0.15, 0.2) is 0 Å². The smallest absolute Gasteiger partial charge is 0.0323 e. The molecule has 0 saturated carbocycles. The van der Waals surface area contributed by atoms with Crippen LogP contribution in [-0.4, -0.2) is 12.6 Å². The Morgan fingerprint density at radius 2 is 2.17 bits per heavy atom. The molecule has 1 heteroatoms. The molecule has 0 aromatic rings. The minimum Gasteiger partial charge on any atom is -0.310 e. The lowest BCUT2D eigenvalue weighted by Crippen LogP contribution is -2.30. The van der Waals surface area contributed by atoms with Crippen LogP contribution >= 0.6 is 0 Å². The van der Waals surface area contributed by atoms with Crippen LogP contribution in [0.3, 0.4) is 0 Å². The summed E-state index contributed by atoms with van der Waals surface area (Å²) in [5, 5.41) is 3.79. The van der Waals surface area contributed by atoms with Crippen LogP contribution in [-0.2, 0) is 0 Å². The van der Waals surface area contributed by atoms with Gasteiger partial charge in [0.1, 0.15) is 0 Å². The average Bonchev–Trinajstić information content (AvgIpc) is 2.73. The molecule has 3 aliphatic rings. The van der Waals surface area contributed by atoms with Gasteiger partial charge in [-0.1, -0.05) is 44.4 Å². The van der Waals surface area contributed by atoms with Crippen LogP contribution in [0.1, 0.15) is 51.9 Å². The molecular weight excluding hydrogens is 218 g/mol. The predicted molar refractivity (Wildman–Crippen MR) is 77.5 cm³/mol. The van der Waals surface area contributed by atoms with Gasteiger partial charge in [0.05, 0.1) is 0 Å². The molecule has 0 fully saturated rings. The summed E-state index contributed by atoms with van der Waals surface area (Å²) in [5.41, 5.74) is 4.87. The van der Waals surface area contributed by atoms with Crippen molar-refractivity contribution in [2.45, 2.75) is 57.9 Å². The molecule has 1 heterocycles. The van der Waals surface area contributed by atoms with E-state index in [4.69, 9.17) is 0 Å². The van der Waals surface area contributed by atoms with Crippen LogP contribution in [0, 0.1) is 5.92 Å². The monoisotopic (exact) mass is 243 g/mol. The van der Waals surface area contributed by atoms with Gasteiger partial charge in [-0.15, -0.1) is 0 Å². The van der Waals surface area contributed by atoms with E-state index in [1.807, 2.05) is 0 Å². The van der Waals surface area contributed by atoms with Crippen molar-refractivity contribution < 1.29 is 0 Å². The Labute approximate surface area is 111 Å². The second-order valence-electron chi connectivity index (χ2n) is 5.93. The maximum absolute atomic E-state index is 3.79. The zero-order chi connectivity index (χ0) is 12.4. The lowest BCUT2D eigenvalue weighted by atomic mass is 9.81. The second kappa shape index (κ2) is 5.44. The maximum atomic E-state index is 3.79. The summed E-state index contributed by atoms with van der Waals surface area (Å²) in [6, 6.07) is 0.622. The molecule has 0 bridgehead atoms. The molecule has 0 aromatic carbocycles. The minimum atomic E-state index is 0.622. The Morgan fingerprint density at radius 3 is 3.06 bits per heavy atom. The first-order valence-corrected chi connectivity index (χ1v) is 7.76. The minimum absolute atomic E-state index is 0.622. The Balaban J connectivity index is 1.81. The standard InChI is InChI=1S/C17H25N/c1-2-3-4-8-16-15-10-9-13-6-5-7-14(17(13)15)11-12-18-16/h6,9-10,14,16,18H,2-5,7-8,11-12H2,1H3. The third-order valence-electron chi connectivity index (χ3n) is 4.71. The molecule has 0 saturated heterocycles. The van der Waals surface area contributed by atoms with E-state index in [0.29, 0.717) is 6.04 Å². The fourth-order valence-electron chi connectivity index (χ4n) is 3.75. The Hall–Kier alpha value is -0.820. The molecule has 0 aromatic heterocycles. The van der Waals surface area contributed by atoms with Crippen molar-refractivity contribution in [3.05, 3.63) is 34.9 Å².